The second-order valence-corrected chi connectivity index (χ2v) is 20.8. The summed E-state index contributed by atoms with van der Waals surface area (Å²) in [6, 6.07) is 0. The number of carbonyl (C=O) groups excluding carboxylic acids is 1. The van der Waals surface area contributed by atoms with Crippen molar-refractivity contribution in [2.24, 2.45) is 10.8 Å². The van der Waals surface area contributed by atoms with Gasteiger partial charge in [-0.25, -0.2) is 0 Å². The van der Waals surface area contributed by atoms with E-state index in [1.165, 1.54) is 0 Å². The number of allylic oxidation sites excluding steroid dienone is 14. The fraction of sp³-hybridized carbons (Fsp3) is 0.654. The third-order valence-electron chi connectivity index (χ3n) is 14.1. The zero-order valence-corrected chi connectivity index (χ0v) is 40.5. The third kappa shape index (κ3) is 12.8. The minimum absolute atomic E-state index is 0.295. The monoisotopic (exact) mass is 941 g/mol. The van der Waals surface area contributed by atoms with Crippen LogP contribution in [-0.2, 0) is 28.5 Å². The molecule has 0 aromatic rings. The number of ether oxygens (including phenoxy) is 5. The lowest BCUT2D eigenvalue weighted by molar-refractivity contribution is -0.363. The van der Waals surface area contributed by atoms with Gasteiger partial charge in [0.05, 0.1) is 36.6 Å². The van der Waals surface area contributed by atoms with Crippen LogP contribution in [0.4, 0.5) is 0 Å². The van der Waals surface area contributed by atoms with Crippen LogP contribution in [0.1, 0.15) is 101 Å². The first kappa shape index (κ1) is 54.7. The number of aliphatic hydroxyl groups excluding tert-OH is 8. The molecule has 0 amide bonds. The van der Waals surface area contributed by atoms with Crippen LogP contribution >= 0.6 is 0 Å². The Hall–Kier alpha value is -3.19. The molecule has 5 fully saturated rings. The smallest absolute Gasteiger partial charge is 0.187 e. The molecule has 0 aromatic heterocycles. The van der Waals surface area contributed by atoms with Crippen LogP contribution in [0.2, 0.25) is 0 Å². The molecular weight excluding hydrogens is 865 g/mol. The minimum Gasteiger partial charge on any atom is -0.394 e. The number of rotatable bonds is 17. The quantitative estimate of drug-likeness (QED) is 0.0331. The van der Waals surface area contributed by atoms with E-state index >= 15 is 0 Å². The molecule has 3 saturated heterocycles. The van der Waals surface area contributed by atoms with Gasteiger partial charge in [0.2, 0.25) is 0 Å². The van der Waals surface area contributed by atoms with E-state index in [1.54, 1.807) is 19.1 Å². The molecule has 9 N–H and O–H groups in total. The van der Waals surface area contributed by atoms with Gasteiger partial charge < -0.3 is 69.6 Å². The van der Waals surface area contributed by atoms with Crippen molar-refractivity contribution >= 4 is 6.29 Å². The SMILES string of the molecule is C\C(C=C=C1C(C)(C)C[C@H](O)C[C@@]1(C)O)=C/C=C/C(C)=C/C=C/C=C(C=O)\C=C\C=C(/C)CC[C@@]12O[C@]1(C)C[C@@H](O[C@@H]1O[C@H](CO)[C@@H](O[C@@H]3O[C@H](CO)[C@H](O)[C@H](O)[C@H]3O)[C@H](O)[C@H]1O)CC2(C)C. The van der Waals surface area contributed by atoms with Crippen molar-refractivity contribution in [1.29, 1.82) is 0 Å². The topological polar surface area (TPSA) is 249 Å². The summed E-state index contributed by atoms with van der Waals surface area (Å²) in [7, 11) is 0. The first-order valence-electron chi connectivity index (χ1n) is 23.4. The van der Waals surface area contributed by atoms with Crippen LogP contribution < -0.4 is 0 Å². The molecule has 0 spiro atoms. The van der Waals surface area contributed by atoms with Gasteiger partial charge in [-0.15, -0.1) is 5.73 Å². The van der Waals surface area contributed by atoms with Crippen LogP contribution in [-0.4, -0.2) is 156 Å². The Balaban J connectivity index is 1.11. The molecule has 374 valence electrons. The van der Waals surface area contributed by atoms with Gasteiger partial charge in [0, 0.05) is 24.0 Å². The highest BCUT2D eigenvalue weighted by Crippen LogP contribution is 2.68. The van der Waals surface area contributed by atoms with Crippen molar-refractivity contribution in [3.05, 3.63) is 100 Å². The van der Waals surface area contributed by atoms with Crippen molar-refractivity contribution in [1.82, 2.24) is 0 Å². The molecule has 3 aliphatic heterocycles. The van der Waals surface area contributed by atoms with E-state index in [-0.39, 0.29) is 10.8 Å². The fourth-order valence-electron chi connectivity index (χ4n) is 10.6. The molecule has 15 heteroatoms. The van der Waals surface area contributed by atoms with Gasteiger partial charge in [-0.3, -0.25) is 4.79 Å². The van der Waals surface area contributed by atoms with Gasteiger partial charge in [-0.1, -0.05) is 99.6 Å². The lowest BCUT2D eigenvalue weighted by atomic mass is 9.61. The predicted octanol–water partition coefficient (Wildman–Crippen LogP) is 3.77. The average Bonchev–Trinajstić information content (AvgIpc) is 3.88. The lowest BCUT2D eigenvalue weighted by Crippen LogP contribution is -2.65. The Morgan fingerprint density at radius 2 is 1.31 bits per heavy atom. The zero-order valence-electron chi connectivity index (χ0n) is 40.5. The molecule has 5 aliphatic rings. The highest BCUT2D eigenvalue weighted by molar-refractivity contribution is 5.78. The van der Waals surface area contributed by atoms with Crippen molar-refractivity contribution in [3.8, 4) is 0 Å². The van der Waals surface area contributed by atoms with Gasteiger partial charge in [0.25, 0.3) is 0 Å². The molecule has 15 nitrogen and oxygen atoms in total. The summed E-state index contributed by atoms with van der Waals surface area (Å²) in [5.74, 6) is 0. The van der Waals surface area contributed by atoms with Crippen LogP contribution in [0.15, 0.2) is 100 Å². The highest BCUT2D eigenvalue weighted by atomic mass is 16.7. The fourth-order valence-corrected chi connectivity index (χ4v) is 10.6. The van der Waals surface area contributed by atoms with Gasteiger partial charge in [0.15, 0.2) is 12.6 Å². The van der Waals surface area contributed by atoms with E-state index < -0.39 is 104 Å². The van der Waals surface area contributed by atoms with Gasteiger partial charge in [-0.05, 0) is 82.8 Å². The van der Waals surface area contributed by atoms with Crippen molar-refractivity contribution in [2.45, 2.75) is 191 Å². The van der Waals surface area contributed by atoms with Crippen LogP contribution in [0.5, 0.6) is 0 Å². The largest absolute Gasteiger partial charge is 0.394 e. The van der Waals surface area contributed by atoms with Crippen molar-refractivity contribution < 1.29 is 74.4 Å². The molecule has 0 radical (unpaired) electrons. The lowest BCUT2D eigenvalue weighted by Gasteiger charge is -2.47. The standard InChI is InChI=1S/C52H76O15/c1-31(15-12-16-32(2)20-21-39-48(4,5)24-35(56)25-50(39,8)62)14-10-11-18-34(28-53)19-13-17-33(3)22-23-52-49(6,7)26-36(27-51(52,9)67-52)63-46-44(61)42(59)45(38(30-55)65-46)66-47-43(60)41(58)40(57)37(29-54)64-47/h10-20,28,35-38,40-47,54-62H,22-27,29-30H2,1-9H3/b11-10+,15-12+,19-13+,31-14+,32-16+,33-17+,34-18+/t21?,35-,36-,37+,38+,40-,41-,42+,43+,44+,45+,46+,47-,50+,51+,52-/m0/s1. The summed E-state index contributed by atoms with van der Waals surface area (Å²) in [6.45, 7) is 16.6. The van der Waals surface area contributed by atoms with E-state index in [2.05, 4.69) is 19.6 Å². The summed E-state index contributed by atoms with van der Waals surface area (Å²) >= 11 is 0. The van der Waals surface area contributed by atoms with E-state index in [0.29, 0.717) is 31.3 Å². The number of aldehydes is 1. The first-order chi connectivity index (χ1) is 31.3. The van der Waals surface area contributed by atoms with Crippen LogP contribution in [0.25, 0.3) is 0 Å². The number of epoxide rings is 1. The maximum absolute atomic E-state index is 11.8. The number of hydrogen-bond donors (Lipinski definition) is 9. The predicted molar refractivity (Wildman–Crippen MR) is 250 cm³/mol. The molecule has 0 bridgehead atoms. The molecule has 2 saturated carbocycles. The number of aliphatic hydroxyl groups is 9. The highest BCUT2D eigenvalue weighted by Gasteiger charge is 2.75. The van der Waals surface area contributed by atoms with Crippen LogP contribution in [0, 0.1) is 10.8 Å². The van der Waals surface area contributed by atoms with Crippen molar-refractivity contribution in [2.75, 3.05) is 13.2 Å². The molecule has 0 unspecified atom stereocenters. The first-order valence-corrected chi connectivity index (χ1v) is 23.4. The second-order valence-electron chi connectivity index (χ2n) is 20.8. The Bertz CT molecular complexity index is 1990. The summed E-state index contributed by atoms with van der Waals surface area (Å²) < 4.78 is 29.8. The Kier molecular flexibility index (Phi) is 18.2. The van der Waals surface area contributed by atoms with Crippen LogP contribution in [0.3, 0.4) is 0 Å². The van der Waals surface area contributed by atoms with E-state index in [9.17, 15) is 50.8 Å². The van der Waals surface area contributed by atoms with E-state index in [1.807, 2.05) is 96.2 Å². The normalized spacial score (nSPS) is 40.6. The number of fused-ring (bicyclic) bond motifs is 1. The molecule has 3 heterocycles. The van der Waals surface area contributed by atoms with Gasteiger partial charge >= 0.3 is 0 Å². The summed E-state index contributed by atoms with van der Waals surface area (Å²) in [4.78, 5) is 11.8. The maximum atomic E-state index is 11.8. The number of carbonyl (C=O) groups is 1. The Labute approximate surface area is 395 Å². The second kappa shape index (κ2) is 22.3. The maximum Gasteiger partial charge on any atom is 0.187 e. The molecule has 0 aromatic carbocycles. The minimum atomic E-state index is -1.76. The molecule has 5 rings (SSSR count). The van der Waals surface area contributed by atoms with E-state index in [4.69, 9.17) is 23.7 Å². The van der Waals surface area contributed by atoms with Crippen molar-refractivity contribution in [3.63, 3.8) is 0 Å². The average molecular weight is 941 g/mol. The molecular formula is C52H76O15. The molecule has 67 heavy (non-hydrogen) atoms. The van der Waals surface area contributed by atoms with E-state index in [0.717, 1.165) is 41.4 Å². The Morgan fingerprint density at radius 3 is 1.96 bits per heavy atom. The third-order valence-corrected chi connectivity index (χ3v) is 14.1. The summed E-state index contributed by atoms with van der Waals surface area (Å²) in [5.41, 5.74) is 4.84. The van der Waals surface area contributed by atoms with Gasteiger partial charge in [0.1, 0.15) is 60.7 Å². The zero-order chi connectivity index (χ0) is 49.7. The number of hydrogen-bond acceptors (Lipinski definition) is 15. The Morgan fingerprint density at radius 1 is 0.701 bits per heavy atom. The molecule has 15 atom stereocenters. The molecule has 2 aliphatic carbocycles. The summed E-state index contributed by atoms with van der Waals surface area (Å²) in [5, 5.41) is 93.8. The van der Waals surface area contributed by atoms with Gasteiger partial charge in [-0.2, -0.15) is 0 Å². The summed E-state index contributed by atoms with van der Waals surface area (Å²) in [6.07, 6.45) is 8.60.